The van der Waals surface area contributed by atoms with Gasteiger partial charge in [-0.3, -0.25) is 67.3 Å². The lowest BCUT2D eigenvalue weighted by Crippen LogP contribution is -2.60. The van der Waals surface area contributed by atoms with Gasteiger partial charge in [-0.25, -0.2) is 0 Å². The molecule has 0 radical (unpaired) electrons. The number of aliphatic imine (C=N–C) groups is 1. The van der Waals surface area contributed by atoms with Crippen molar-refractivity contribution >= 4 is 94.5 Å². The number of guanidine groups is 1. The highest BCUT2D eigenvalue weighted by atomic mass is 32.2. The van der Waals surface area contributed by atoms with Gasteiger partial charge >= 0.3 is 0 Å². The van der Waals surface area contributed by atoms with Gasteiger partial charge in [-0.05, 0) is 119 Å². The molecule has 95 heavy (non-hydrogen) atoms. The second-order valence-corrected chi connectivity index (χ2v) is 25.1. The number of benzene rings is 2. The first-order valence-corrected chi connectivity index (χ1v) is 33.6. The summed E-state index contributed by atoms with van der Waals surface area (Å²) in [5, 5.41) is 21.1. The van der Waals surface area contributed by atoms with E-state index in [1.54, 1.807) is 60.7 Å². The number of nitrogens with zero attached hydrogens (tertiary/aromatic N) is 3. The zero-order chi connectivity index (χ0) is 70.1. The van der Waals surface area contributed by atoms with E-state index < -0.39 is 169 Å². The number of primary amides is 3. The highest BCUT2D eigenvalue weighted by Crippen LogP contribution is 2.24. The molecule has 2 heterocycles. The van der Waals surface area contributed by atoms with Crippen molar-refractivity contribution < 1.29 is 62.3 Å². The van der Waals surface area contributed by atoms with Gasteiger partial charge < -0.3 is 92.5 Å². The van der Waals surface area contributed by atoms with Crippen molar-refractivity contribution in [3.05, 3.63) is 71.8 Å². The van der Waals surface area contributed by atoms with Gasteiger partial charge in [0.2, 0.25) is 76.8 Å². The lowest BCUT2D eigenvalue weighted by Gasteiger charge is -2.32. The standard InChI is InChI=1S/C63H98N18O13S/c1-37(2)33-45(57(89)74-41(53(68)85)27-32-95-3)73-52(84)36-72-54(86)46(34-38-15-6-4-7-16-38)78-58(90)47(35-39-17-8-5-9-18-39)79-56(88)42(23-25-50(66)82)75-55(87)43(24-26-51(67)83)76-59(91)49-22-14-31-81(49)62(94)44(20-10-11-28-64)77-60(92)48-21-13-30-80(48)61(93)40(65)19-12-29-71-63(69)70/h4-9,15-18,37,40-49H,10-14,19-36,64-65H2,1-3H3,(H2,66,82)(H2,67,83)(H2,68,85)(H,72,86)(H,73,84)(H,74,89)(H,75,87)(H,76,91)(H,77,92)(H,78,90)(H,79,88)(H4,69,70,71)/t40-,41-,42-,43+,44-,45-,46-,47-,48-,49-/m0/s1. The zero-order valence-electron chi connectivity index (χ0n) is 54.5. The second-order valence-electron chi connectivity index (χ2n) is 24.1. The number of rotatable bonds is 42. The number of amides is 13. The maximum Gasteiger partial charge on any atom is 0.245 e. The van der Waals surface area contributed by atoms with Crippen LogP contribution in [0, 0.1) is 5.92 Å². The third kappa shape index (κ3) is 27.5. The van der Waals surface area contributed by atoms with Crippen molar-refractivity contribution in [3.8, 4) is 0 Å². The number of carbonyl (C=O) groups excluding carboxylic acids is 13. The average Bonchev–Trinajstić information content (AvgIpc) is 1.74. The van der Waals surface area contributed by atoms with Crippen molar-refractivity contribution in [2.24, 2.45) is 51.0 Å². The molecule has 2 saturated heterocycles. The van der Waals surface area contributed by atoms with Crippen LogP contribution in [0.2, 0.25) is 0 Å². The summed E-state index contributed by atoms with van der Waals surface area (Å²) in [5.41, 5.74) is 40.6. The number of thioether (sulfide) groups is 1. The van der Waals surface area contributed by atoms with E-state index in [0.29, 0.717) is 55.4 Å². The maximum absolute atomic E-state index is 14.7. The lowest BCUT2D eigenvalue weighted by molar-refractivity contribution is -0.144. The first kappa shape index (κ1) is 78.5. The minimum atomic E-state index is -1.64. The predicted octanol–water partition coefficient (Wildman–Crippen LogP) is -3.71. The van der Waals surface area contributed by atoms with E-state index in [9.17, 15) is 62.3 Å². The summed E-state index contributed by atoms with van der Waals surface area (Å²) in [4.78, 5) is 185. The number of carbonyl (C=O) groups is 13. The van der Waals surface area contributed by atoms with Crippen LogP contribution in [-0.4, -0.2) is 198 Å². The van der Waals surface area contributed by atoms with E-state index in [2.05, 4.69) is 47.5 Å². The molecule has 0 bridgehead atoms. The van der Waals surface area contributed by atoms with Crippen LogP contribution in [0.3, 0.4) is 0 Å². The van der Waals surface area contributed by atoms with Crippen molar-refractivity contribution in [1.82, 2.24) is 52.3 Å². The van der Waals surface area contributed by atoms with E-state index in [1.807, 2.05) is 20.1 Å². The van der Waals surface area contributed by atoms with Crippen LogP contribution in [0.25, 0.3) is 0 Å². The molecule has 524 valence electrons. The Hall–Kier alpha value is -8.91. The maximum atomic E-state index is 14.7. The van der Waals surface area contributed by atoms with E-state index >= 15 is 0 Å². The summed E-state index contributed by atoms with van der Waals surface area (Å²) >= 11 is 1.45. The Morgan fingerprint density at radius 3 is 1.51 bits per heavy atom. The van der Waals surface area contributed by atoms with Gasteiger partial charge in [0.1, 0.15) is 54.4 Å². The summed E-state index contributed by atoms with van der Waals surface area (Å²) in [6.45, 7) is 3.86. The molecule has 2 aliphatic rings. The minimum Gasteiger partial charge on any atom is -0.370 e. The van der Waals surface area contributed by atoms with Gasteiger partial charge in [-0.2, -0.15) is 11.8 Å². The first-order valence-electron chi connectivity index (χ1n) is 32.2. The van der Waals surface area contributed by atoms with Gasteiger partial charge in [0.15, 0.2) is 5.96 Å². The molecule has 0 spiro atoms. The summed E-state index contributed by atoms with van der Waals surface area (Å²) in [6.07, 6.45) is 3.12. The van der Waals surface area contributed by atoms with E-state index in [4.69, 9.17) is 40.1 Å². The zero-order valence-corrected chi connectivity index (χ0v) is 55.3. The molecular formula is C63H98N18O13S. The molecule has 32 heteroatoms. The van der Waals surface area contributed by atoms with Gasteiger partial charge in [0, 0.05) is 45.3 Å². The monoisotopic (exact) mass is 1350 g/mol. The van der Waals surface area contributed by atoms with Crippen LogP contribution in [0.5, 0.6) is 0 Å². The number of likely N-dealkylation sites (tertiary alicyclic amines) is 2. The number of nitrogens with one attached hydrogen (secondary N) is 8. The molecule has 2 aromatic rings. The molecule has 0 unspecified atom stereocenters. The molecule has 2 fully saturated rings. The molecule has 0 aromatic heterocycles. The molecule has 0 aliphatic carbocycles. The summed E-state index contributed by atoms with van der Waals surface area (Å²) in [6, 6.07) is 4.51. The van der Waals surface area contributed by atoms with Crippen LogP contribution < -0.4 is 82.7 Å². The van der Waals surface area contributed by atoms with Crippen LogP contribution in [0.1, 0.15) is 121 Å². The number of hydrogen-bond donors (Lipinski definition) is 15. The number of hydrogen-bond acceptors (Lipinski definition) is 17. The van der Waals surface area contributed by atoms with Crippen molar-refractivity contribution in [1.29, 1.82) is 0 Å². The molecule has 31 nitrogen and oxygen atoms in total. The Labute approximate surface area is 558 Å². The molecule has 13 amide bonds. The molecule has 10 atom stereocenters. The lowest BCUT2D eigenvalue weighted by atomic mass is 10.0. The van der Waals surface area contributed by atoms with Crippen LogP contribution in [0.15, 0.2) is 65.7 Å². The van der Waals surface area contributed by atoms with Crippen LogP contribution in [0.4, 0.5) is 0 Å². The van der Waals surface area contributed by atoms with E-state index in [-0.39, 0.29) is 83.0 Å². The van der Waals surface area contributed by atoms with E-state index in [0.717, 1.165) is 0 Å². The molecule has 0 saturated carbocycles. The largest absolute Gasteiger partial charge is 0.370 e. The quantitative estimate of drug-likeness (QED) is 0.0173. The predicted molar refractivity (Wildman–Crippen MR) is 356 cm³/mol. The van der Waals surface area contributed by atoms with Gasteiger partial charge in [0.25, 0.3) is 0 Å². The van der Waals surface area contributed by atoms with Crippen molar-refractivity contribution in [2.75, 3.05) is 44.7 Å². The molecule has 2 aromatic carbocycles. The summed E-state index contributed by atoms with van der Waals surface area (Å²) in [5.74, 6) is -9.80. The Balaban J connectivity index is 1.56. The summed E-state index contributed by atoms with van der Waals surface area (Å²) in [7, 11) is 0. The Morgan fingerprint density at radius 2 is 1.01 bits per heavy atom. The fourth-order valence-electron chi connectivity index (χ4n) is 11.0. The highest BCUT2D eigenvalue weighted by molar-refractivity contribution is 7.98. The third-order valence-electron chi connectivity index (χ3n) is 16.0. The fraction of sp³-hybridized carbons (Fsp3) is 0.587. The SMILES string of the molecule is CSCC[C@H](NC(=O)[C@H](CC(C)C)NC(=O)CNC(=O)[C@H](Cc1ccccc1)NC(=O)[C@H](Cc1ccccc1)NC(=O)[C@H](CCC(N)=O)NC(=O)[C@@H](CCC(N)=O)NC(=O)[C@@H]1CCCN1C(=O)[C@H](CCCCN)NC(=O)[C@@H]1CCCN1C(=O)[C@@H](N)CCCN=C(N)N)C(N)=O. The second kappa shape index (κ2) is 41.0. The number of nitrogens with two attached hydrogens (primary N) is 7. The highest BCUT2D eigenvalue weighted by Gasteiger charge is 2.42. The van der Waals surface area contributed by atoms with Crippen molar-refractivity contribution in [2.45, 2.75) is 183 Å². The topological polar surface area (TPSA) is 519 Å². The third-order valence-corrected chi connectivity index (χ3v) is 16.7. The smallest absolute Gasteiger partial charge is 0.245 e. The Bertz CT molecular complexity index is 2960. The van der Waals surface area contributed by atoms with Crippen molar-refractivity contribution in [3.63, 3.8) is 0 Å². The normalized spacial score (nSPS) is 16.8. The molecular weight excluding hydrogens is 1250 g/mol. The molecule has 2 aliphatic heterocycles. The Kier molecular flexibility index (Phi) is 33.9. The Morgan fingerprint density at radius 1 is 0.537 bits per heavy atom. The molecule has 4 rings (SSSR count). The van der Waals surface area contributed by atoms with Gasteiger partial charge in [0.05, 0.1) is 12.6 Å². The number of unbranched alkanes of at least 4 members (excludes halogenated alkanes) is 1. The van der Waals surface area contributed by atoms with Crippen LogP contribution >= 0.6 is 11.8 Å². The first-order chi connectivity index (χ1) is 45.2. The van der Waals surface area contributed by atoms with Gasteiger partial charge in [-0.1, -0.05) is 74.5 Å². The summed E-state index contributed by atoms with van der Waals surface area (Å²) < 4.78 is 0. The van der Waals surface area contributed by atoms with E-state index in [1.165, 1.54) is 21.6 Å². The van der Waals surface area contributed by atoms with Crippen LogP contribution in [-0.2, 0) is 75.2 Å². The fourth-order valence-corrected chi connectivity index (χ4v) is 11.5. The average molecular weight is 1350 g/mol. The minimum absolute atomic E-state index is 0.0736. The van der Waals surface area contributed by atoms with Gasteiger partial charge in [-0.15, -0.1) is 0 Å². The molecule has 22 N–H and O–H groups in total.